The zero-order valence-corrected chi connectivity index (χ0v) is 26.8. The predicted molar refractivity (Wildman–Crippen MR) is 169 cm³/mol. The smallest absolute Gasteiger partial charge is 0.298 e. The van der Waals surface area contributed by atoms with Gasteiger partial charge in [0.15, 0.2) is 0 Å². The van der Waals surface area contributed by atoms with Crippen LogP contribution in [0.2, 0.25) is 15.1 Å². The van der Waals surface area contributed by atoms with E-state index in [1.807, 2.05) is 32.0 Å². The highest BCUT2D eigenvalue weighted by Gasteiger charge is 2.54. The van der Waals surface area contributed by atoms with E-state index in [1.54, 1.807) is 48.8 Å². The monoisotopic (exact) mass is 656 g/mol. The number of carbonyl (C=O) groups is 1. The van der Waals surface area contributed by atoms with Gasteiger partial charge in [0.05, 0.1) is 32.4 Å². The molecule has 2 atom stereocenters. The third-order valence-electron chi connectivity index (χ3n) is 7.87. The van der Waals surface area contributed by atoms with Gasteiger partial charge in [0.2, 0.25) is 0 Å². The summed E-state index contributed by atoms with van der Waals surface area (Å²) in [5.41, 5.74) is 3.55. The summed E-state index contributed by atoms with van der Waals surface area (Å²) in [5, 5.41) is 6.87. The van der Waals surface area contributed by atoms with Crippen molar-refractivity contribution in [2.45, 2.75) is 51.0 Å². The van der Waals surface area contributed by atoms with E-state index < -0.39 is 0 Å². The van der Waals surface area contributed by atoms with Gasteiger partial charge in [0, 0.05) is 40.0 Å². The van der Waals surface area contributed by atoms with Crippen LogP contribution in [0.1, 0.15) is 60.9 Å². The second-order valence-corrected chi connectivity index (χ2v) is 13.3. The molecule has 3 aromatic carbocycles. The maximum atomic E-state index is 10.9. The summed E-state index contributed by atoms with van der Waals surface area (Å²) in [7, 11) is 1.57. The van der Waals surface area contributed by atoms with Crippen molar-refractivity contribution < 1.29 is 23.5 Å². The molecule has 1 aliphatic carbocycles. The summed E-state index contributed by atoms with van der Waals surface area (Å²) in [5.74, 6) is 2.56. The lowest BCUT2D eigenvalue weighted by atomic mass is 9.95. The first-order chi connectivity index (χ1) is 20.6. The van der Waals surface area contributed by atoms with Crippen molar-refractivity contribution in [3.05, 3.63) is 85.5 Å². The molecule has 2 aromatic heterocycles. The number of nitrogens with zero attached hydrogens (tertiary/aromatic N) is 2. The van der Waals surface area contributed by atoms with Crippen LogP contribution >= 0.6 is 46.1 Å². The topological polar surface area (TPSA) is 83.7 Å². The number of ether oxygens (including phenoxy) is 3. The molecule has 1 saturated carbocycles. The van der Waals surface area contributed by atoms with Crippen molar-refractivity contribution in [3.8, 4) is 28.5 Å². The number of rotatable bonds is 10. The summed E-state index contributed by atoms with van der Waals surface area (Å²) >= 11 is 21.4. The van der Waals surface area contributed by atoms with E-state index in [4.69, 9.17) is 58.5 Å². The zero-order valence-electron chi connectivity index (χ0n) is 23.7. The zero-order chi connectivity index (χ0) is 30.5. The van der Waals surface area contributed by atoms with Crippen LogP contribution in [0.5, 0.6) is 17.2 Å². The van der Waals surface area contributed by atoms with Crippen LogP contribution in [0, 0.1) is 0 Å². The lowest BCUT2D eigenvalue weighted by Crippen LogP contribution is -2.06. The maximum Gasteiger partial charge on any atom is 0.298 e. The second kappa shape index (κ2) is 11.7. The van der Waals surface area contributed by atoms with Crippen molar-refractivity contribution >= 4 is 62.8 Å². The van der Waals surface area contributed by atoms with Crippen LogP contribution in [-0.4, -0.2) is 23.7 Å². The number of thiazole rings is 1. The van der Waals surface area contributed by atoms with Crippen LogP contribution in [0.25, 0.3) is 21.5 Å². The Hall–Kier alpha value is -3.30. The molecule has 6 rings (SSSR count). The Morgan fingerprint density at radius 1 is 1.09 bits per heavy atom. The molecule has 0 amide bonds. The molecule has 0 radical (unpaired) electrons. The minimum atomic E-state index is -0.188. The van der Waals surface area contributed by atoms with Gasteiger partial charge < -0.3 is 18.7 Å². The third kappa shape index (κ3) is 5.46. The highest BCUT2D eigenvalue weighted by molar-refractivity contribution is 7.18. The summed E-state index contributed by atoms with van der Waals surface area (Å²) in [6.07, 6.45) is 0.896. The lowest BCUT2D eigenvalue weighted by molar-refractivity contribution is -0.120. The fourth-order valence-corrected chi connectivity index (χ4v) is 7.71. The highest BCUT2D eigenvalue weighted by Crippen LogP contribution is 2.62. The molecular formula is C32H27Cl3N2O5S. The van der Waals surface area contributed by atoms with Gasteiger partial charge >= 0.3 is 0 Å². The summed E-state index contributed by atoms with van der Waals surface area (Å²) in [4.78, 5) is 15.7. The van der Waals surface area contributed by atoms with Gasteiger partial charge in [-0.2, -0.15) is 0 Å². The average molecular weight is 658 g/mol. The van der Waals surface area contributed by atoms with Gasteiger partial charge in [0.25, 0.3) is 6.47 Å². The second-order valence-electron chi connectivity index (χ2n) is 11.0. The molecule has 0 saturated heterocycles. The Bertz CT molecular complexity index is 1830. The molecular weight excluding hydrogens is 631 g/mol. The van der Waals surface area contributed by atoms with E-state index in [1.165, 1.54) is 0 Å². The third-order valence-corrected chi connectivity index (χ3v) is 9.93. The van der Waals surface area contributed by atoms with Gasteiger partial charge in [0.1, 0.15) is 40.8 Å². The van der Waals surface area contributed by atoms with Crippen molar-refractivity contribution in [3.63, 3.8) is 0 Å². The molecule has 1 fully saturated rings. The van der Waals surface area contributed by atoms with Crippen LogP contribution in [-0.2, 0) is 16.8 Å². The molecule has 0 N–H and O–H groups in total. The van der Waals surface area contributed by atoms with E-state index in [0.717, 1.165) is 32.8 Å². The van der Waals surface area contributed by atoms with Gasteiger partial charge in [-0.1, -0.05) is 72.9 Å². The first-order valence-corrected chi connectivity index (χ1v) is 15.5. The fourth-order valence-electron chi connectivity index (χ4n) is 5.48. The van der Waals surface area contributed by atoms with Gasteiger partial charge in [-0.05, 0) is 36.2 Å². The number of benzene rings is 3. The number of halogens is 3. The van der Waals surface area contributed by atoms with Gasteiger partial charge in [-0.15, -0.1) is 11.3 Å². The van der Waals surface area contributed by atoms with Crippen LogP contribution in [0.4, 0.5) is 0 Å². The molecule has 0 aliphatic heterocycles. The predicted octanol–water partition coefficient (Wildman–Crippen LogP) is 9.60. The Morgan fingerprint density at radius 2 is 1.86 bits per heavy atom. The molecule has 43 heavy (non-hydrogen) atoms. The van der Waals surface area contributed by atoms with Crippen molar-refractivity contribution in [2.75, 3.05) is 7.11 Å². The maximum absolute atomic E-state index is 10.9. The molecule has 222 valence electrons. The first-order valence-electron chi connectivity index (χ1n) is 13.6. The van der Waals surface area contributed by atoms with E-state index in [9.17, 15) is 4.79 Å². The molecule has 5 aromatic rings. The molecule has 1 aliphatic rings. The highest BCUT2D eigenvalue weighted by atomic mass is 35.5. The van der Waals surface area contributed by atoms with Crippen molar-refractivity contribution in [1.29, 1.82) is 0 Å². The molecule has 2 unspecified atom stereocenters. The van der Waals surface area contributed by atoms with Crippen LogP contribution in [0.15, 0.2) is 53.1 Å². The minimum Gasteiger partial charge on any atom is -0.494 e. The quantitative estimate of drug-likeness (QED) is 0.138. The number of aromatic nitrogens is 2. The Morgan fingerprint density at radius 3 is 2.53 bits per heavy atom. The molecule has 7 nitrogen and oxygen atoms in total. The number of carbonyl (C=O) groups excluding carboxylic acids is 1. The molecule has 2 heterocycles. The summed E-state index contributed by atoms with van der Waals surface area (Å²) < 4.78 is 23.4. The molecule has 0 bridgehead atoms. The van der Waals surface area contributed by atoms with Crippen LogP contribution in [0.3, 0.4) is 0 Å². The number of fused-ring (bicyclic) bond motifs is 1. The van der Waals surface area contributed by atoms with E-state index in [2.05, 4.69) is 12.1 Å². The van der Waals surface area contributed by atoms with Crippen molar-refractivity contribution in [2.24, 2.45) is 0 Å². The van der Waals surface area contributed by atoms with Gasteiger partial charge in [-0.25, -0.2) is 4.98 Å². The standard InChI is InChI=1S/C32H27Cl3N2O5S/c1-16(2)30-19(28(37-42-30)27-22(33)6-5-7-23(27)34)14-40-17-8-9-20(24(35)10-17)32(3)13-21(32)31-36-29-25(39-4)11-18(41-15-38)12-26(29)43-31/h5-12,15-16,21H,13-14H2,1-4H3. The Kier molecular flexibility index (Phi) is 8.07. The van der Waals surface area contributed by atoms with E-state index >= 15 is 0 Å². The first kappa shape index (κ1) is 29.8. The Balaban J connectivity index is 1.24. The fraction of sp³-hybridized carbons (Fsp3) is 0.281. The SMILES string of the molecule is COc1cc(OC=O)cc2sc(C3CC3(C)c3ccc(OCc4c(-c5c(Cl)cccc5Cl)noc4C(C)C)cc3Cl)nc12. The Labute approximate surface area is 267 Å². The van der Waals surface area contributed by atoms with Crippen molar-refractivity contribution in [1.82, 2.24) is 10.1 Å². The molecule has 0 spiro atoms. The number of hydrogen-bond donors (Lipinski definition) is 0. The number of hydrogen-bond acceptors (Lipinski definition) is 8. The lowest BCUT2D eigenvalue weighted by Gasteiger charge is -2.15. The van der Waals surface area contributed by atoms with E-state index in [-0.39, 0.29) is 23.9 Å². The summed E-state index contributed by atoms with van der Waals surface area (Å²) in [6.45, 7) is 6.85. The average Bonchev–Trinajstić information content (AvgIpc) is 3.28. The van der Waals surface area contributed by atoms with Crippen LogP contribution < -0.4 is 14.2 Å². The molecule has 11 heteroatoms. The largest absolute Gasteiger partial charge is 0.494 e. The van der Waals surface area contributed by atoms with Gasteiger partial charge in [-0.3, -0.25) is 4.79 Å². The normalized spacial score (nSPS) is 17.8. The van der Waals surface area contributed by atoms with E-state index in [0.29, 0.717) is 55.8 Å². The minimum absolute atomic E-state index is 0.0745. The summed E-state index contributed by atoms with van der Waals surface area (Å²) in [6, 6.07) is 14.6. The number of methoxy groups -OCH3 is 1.